The van der Waals surface area contributed by atoms with Crippen molar-refractivity contribution in [2.75, 3.05) is 0 Å². The molecule has 3 nitrogen and oxygen atoms in total. The van der Waals surface area contributed by atoms with E-state index in [1.54, 1.807) is 6.20 Å². The minimum atomic E-state index is -4.36. The van der Waals surface area contributed by atoms with Gasteiger partial charge in [0.25, 0.3) is 0 Å². The van der Waals surface area contributed by atoms with Crippen LogP contribution < -0.4 is 0 Å². The Kier molecular flexibility index (Phi) is 3.36. The van der Waals surface area contributed by atoms with Crippen molar-refractivity contribution in [3.05, 3.63) is 41.9 Å². The number of hydrogen-bond donors (Lipinski definition) is 0. The molecule has 0 aliphatic heterocycles. The summed E-state index contributed by atoms with van der Waals surface area (Å²) in [7, 11) is 0. The maximum Gasteiger partial charge on any atom is 0.417 e. The third-order valence-electron chi connectivity index (χ3n) is 2.46. The van der Waals surface area contributed by atoms with Crippen molar-refractivity contribution < 1.29 is 13.2 Å². The van der Waals surface area contributed by atoms with Gasteiger partial charge in [0.05, 0.1) is 11.3 Å². The fourth-order valence-electron chi connectivity index (χ4n) is 1.57. The Bertz CT molecular complexity index is 514. The molecular formula is C12H12F3N3. The predicted molar refractivity (Wildman–Crippen MR) is 60.4 cm³/mol. The molecule has 0 atom stereocenters. The van der Waals surface area contributed by atoms with Gasteiger partial charge in [0.1, 0.15) is 0 Å². The van der Waals surface area contributed by atoms with Crippen molar-refractivity contribution in [2.24, 2.45) is 0 Å². The highest BCUT2D eigenvalue weighted by Crippen LogP contribution is 2.28. The van der Waals surface area contributed by atoms with Crippen LogP contribution in [0.1, 0.15) is 24.6 Å². The number of aryl methyl sites for hydroxylation is 1. The summed E-state index contributed by atoms with van der Waals surface area (Å²) in [6.07, 6.45) is -0.0365. The lowest BCUT2D eigenvalue weighted by Gasteiger charge is -2.06. The molecule has 0 N–H and O–H groups in total. The summed E-state index contributed by atoms with van der Waals surface area (Å²) < 4.78 is 38.6. The summed E-state index contributed by atoms with van der Waals surface area (Å²) in [5, 5.41) is 4.23. The molecule has 2 aromatic heterocycles. The summed E-state index contributed by atoms with van der Waals surface area (Å²) in [6, 6.07) is 4.15. The lowest BCUT2D eigenvalue weighted by Crippen LogP contribution is -2.07. The van der Waals surface area contributed by atoms with Crippen molar-refractivity contribution >= 4 is 0 Å². The van der Waals surface area contributed by atoms with E-state index in [4.69, 9.17) is 0 Å². The van der Waals surface area contributed by atoms with Crippen molar-refractivity contribution in [1.29, 1.82) is 0 Å². The highest BCUT2D eigenvalue weighted by molar-refractivity contribution is 5.26. The standard InChI is InChI=1S/C12H12F3N3/c1-2-3-10-6-7-18(17-10)11-5-4-9(8-16-11)12(13,14)15/h4-8H,2-3H2,1H3. The van der Waals surface area contributed by atoms with Crippen LogP contribution in [-0.4, -0.2) is 14.8 Å². The number of pyridine rings is 1. The summed E-state index contributed by atoms with van der Waals surface area (Å²) in [5.74, 6) is 0.380. The summed E-state index contributed by atoms with van der Waals surface area (Å²) in [4.78, 5) is 3.77. The molecule has 18 heavy (non-hydrogen) atoms. The number of nitrogens with zero attached hydrogens (tertiary/aromatic N) is 3. The van der Waals surface area contributed by atoms with Gasteiger partial charge in [0.15, 0.2) is 5.82 Å². The minimum absolute atomic E-state index is 0.380. The molecule has 0 saturated heterocycles. The topological polar surface area (TPSA) is 30.7 Å². The van der Waals surface area contributed by atoms with Crippen LogP contribution >= 0.6 is 0 Å². The molecule has 2 aromatic rings. The smallest absolute Gasteiger partial charge is 0.237 e. The maximum atomic E-state index is 12.4. The average molecular weight is 255 g/mol. The van der Waals surface area contributed by atoms with Crippen LogP contribution in [0, 0.1) is 0 Å². The molecule has 0 saturated carbocycles. The van der Waals surface area contributed by atoms with Crippen molar-refractivity contribution in [3.8, 4) is 5.82 Å². The minimum Gasteiger partial charge on any atom is -0.237 e. The largest absolute Gasteiger partial charge is 0.417 e. The first-order chi connectivity index (χ1) is 8.50. The van der Waals surface area contributed by atoms with Crippen molar-refractivity contribution in [3.63, 3.8) is 0 Å². The third kappa shape index (κ3) is 2.69. The van der Waals surface area contributed by atoms with E-state index in [0.717, 1.165) is 30.8 Å². The van der Waals surface area contributed by atoms with Crippen LogP contribution in [0.5, 0.6) is 0 Å². The molecule has 0 aliphatic rings. The van der Waals surface area contributed by atoms with Crippen LogP contribution in [-0.2, 0) is 12.6 Å². The summed E-state index contributed by atoms with van der Waals surface area (Å²) in [6.45, 7) is 2.04. The van der Waals surface area contributed by atoms with Crippen molar-refractivity contribution in [2.45, 2.75) is 25.9 Å². The Hall–Kier alpha value is -1.85. The van der Waals surface area contributed by atoms with Crippen LogP contribution in [0.15, 0.2) is 30.6 Å². The molecule has 0 unspecified atom stereocenters. The lowest BCUT2D eigenvalue weighted by molar-refractivity contribution is -0.137. The number of aromatic nitrogens is 3. The van der Waals surface area contributed by atoms with E-state index < -0.39 is 11.7 Å². The third-order valence-corrected chi connectivity index (χ3v) is 2.46. The Morgan fingerprint density at radius 2 is 2.00 bits per heavy atom. The van der Waals surface area contributed by atoms with Gasteiger partial charge in [-0.05, 0) is 24.6 Å². The molecule has 6 heteroatoms. The van der Waals surface area contributed by atoms with Gasteiger partial charge in [-0.2, -0.15) is 18.3 Å². The predicted octanol–water partition coefficient (Wildman–Crippen LogP) is 3.24. The zero-order chi connectivity index (χ0) is 13.2. The average Bonchev–Trinajstić information content (AvgIpc) is 2.77. The van der Waals surface area contributed by atoms with E-state index in [-0.39, 0.29) is 0 Å². The molecule has 2 heterocycles. The van der Waals surface area contributed by atoms with E-state index >= 15 is 0 Å². The highest BCUT2D eigenvalue weighted by atomic mass is 19.4. The Morgan fingerprint density at radius 1 is 1.22 bits per heavy atom. The van der Waals surface area contributed by atoms with E-state index in [1.807, 2.05) is 13.0 Å². The molecule has 0 amide bonds. The molecule has 0 fully saturated rings. The van der Waals surface area contributed by atoms with Crippen LogP contribution in [0.4, 0.5) is 13.2 Å². The maximum absolute atomic E-state index is 12.4. The molecule has 0 aliphatic carbocycles. The van der Waals surface area contributed by atoms with E-state index in [2.05, 4.69) is 10.1 Å². The second-order valence-corrected chi connectivity index (χ2v) is 3.90. The number of hydrogen-bond acceptors (Lipinski definition) is 2. The zero-order valence-corrected chi connectivity index (χ0v) is 9.78. The molecular weight excluding hydrogens is 243 g/mol. The summed E-state index contributed by atoms with van der Waals surface area (Å²) in [5.41, 5.74) is 0.145. The normalized spacial score (nSPS) is 11.8. The molecule has 2 rings (SSSR count). The van der Waals surface area contributed by atoms with Crippen LogP contribution in [0.2, 0.25) is 0 Å². The van der Waals surface area contributed by atoms with E-state index in [1.165, 1.54) is 10.7 Å². The first-order valence-electron chi connectivity index (χ1n) is 5.59. The Labute approximate surface area is 102 Å². The van der Waals surface area contributed by atoms with Gasteiger partial charge in [-0.25, -0.2) is 9.67 Å². The molecule has 0 radical (unpaired) electrons. The Morgan fingerprint density at radius 3 is 2.56 bits per heavy atom. The van der Waals surface area contributed by atoms with Gasteiger partial charge in [-0.3, -0.25) is 0 Å². The van der Waals surface area contributed by atoms with E-state index in [0.29, 0.717) is 5.82 Å². The second-order valence-electron chi connectivity index (χ2n) is 3.90. The second kappa shape index (κ2) is 4.80. The van der Waals surface area contributed by atoms with Gasteiger partial charge >= 0.3 is 6.18 Å². The lowest BCUT2D eigenvalue weighted by atomic mass is 10.3. The molecule has 0 bridgehead atoms. The number of alkyl halides is 3. The zero-order valence-electron chi connectivity index (χ0n) is 9.78. The van der Waals surface area contributed by atoms with Gasteiger partial charge in [-0.15, -0.1) is 0 Å². The monoisotopic (exact) mass is 255 g/mol. The molecule has 0 spiro atoms. The summed E-state index contributed by atoms with van der Waals surface area (Å²) >= 11 is 0. The SMILES string of the molecule is CCCc1ccn(-c2ccc(C(F)(F)F)cn2)n1. The molecule has 0 aromatic carbocycles. The fourth-order valence-corrected chi connectivity index (χ4v) is 1.57. The highest BCUT2D eigenvalue weighted by Gasteiger charge is 2.30. The van der Waals surface area contributed by atoms with Crippen LogP contribution in [0.25, 0.3) is 5.82 Å². The van der Waals surface area contributed by atoms with Gasteiger partial charge in [-0.1, -0.05) is 13.3 Å². The van der Waals surface area contributed by atoms with Crippen molar-refractivity contribution in [1.82, 2.24) is 14.8 Å². The van der Waals surface area contributed by atoms with Gasteiger partial charge < -0.3 is 0 Å². The van der Waals surface area contributed by atoms with Gasteiger partial charge in [0.2, 0.25) is 0 Å². The first-order valence-corrected chi connectivity index (χ1v) is 5.59. The fraction of sp³-hybridized carbons (Fsp3) is 0.333. The van der Waals surface area contributed by atoms with E-state index in [9.17, 15) is 13.2 Å². The number of halogens is 3. The quantitative estimate of drug-likeness (QED) is 0.843. The first kappa shape index (κ1) is 12.6. The molecule has 96 valence electrons. The van der Waals surface area contributed by atoms with Crippen LogP contribution in [0.3, 0.4) is 0 Å². The Balaban J connectivity index is 2.23. The van der Waals surface area contributed by atoms with Gasteiger partial charge in [0, 0.05) is 12.4 Å². The number of rotatable bonds is 3.